The number of hydrogen-bond acceptors (Lipinski definition) is 8. The number of H-pyrrole nitrogens is 1. The molecule has 19 heavy (non-hydrogen) atoms. The van der Waals surface area contributed by atoms with E-state index in [2.05, 4.69) is 34.9 Å². The van der Waals surface area contributed by atoms with Crippen LogP contribution in [0.4, 0.5) is 0 Å². The Bertz CT molecular complexity index is 733. The summed E-state index contributed by atoms with van der Waals surface area (Å²) in [5.41, 5.74) is 1.28. The maximum absolute atomic E-state index is 5.78. The molecule has 0 fully saturated rings. The van der Waals surface area contributed by atoms with E-state index in [1.54, 1.807) is 6.33 Å². The molecule has 0 radical (unpaired) electrons. The minimum Gasteiger partial charge on any atom is -0.467 e. The predicted octanol–water partition coefficient (Wildman–Crippen LogP) is 1.35. The van der Waals surface area contributed by atoms with E-state index in [1.807, 2.05) is 0 Å². The van der Waals surface area contributed by atoms with Gasteiger partial charge in [-0.2, -0.15) is 15.0 Å². The van der Waals surface area contributed by atoms with Crippen LogP contribution < -0.4 is 4.74 Å². The Kier molecular flexibility index (Phi) is 3.13. The predicted molar refractivity (Wildman–Crippen MR) is 67.2 cm³/mol. The highest BCUT2D eigenvalue weighted by Gasteiger charge is 2.12. The molecule has 96 valence electrons. The molecule has 3 heterocycles. The summed E-state index contributed by atoms with van der Waals surface area (Å²) < 4.78 is 4.93. The Balaban J connectivity index is 2.01. The molecule has 0 aliphatic rings. The average molecular weight is 296 g/mol. The third kappa shape index (κ3) is 2.42. The van der Waals surface area contributed by atoms with E-state index in [0.717, 1.165) is 0 Å². The molecule has 0 spiro atoms. The Morgan fingerprint density at radius 1 is 1.21 bits per heavy atom. The maximum Gasteiger partial charge on any atom is 0.321 e. The fourth-order valence-corrected chi connectivity index (χ4v) is 2.34. The number of aromatic nitrogens is 7. The highest BCUT2D eigenvalue weighted by atomic mass is 35.5. The number of rotatable bonds is 3. The van der Waals surface area contributed by atoms with E-state index < -0.39 is 0 Å². The van der Waals surface area contributed by atoms with E-state index in [9.17, 15) is 0 Å². The number of methoxy groups -OCH3 is 1. The van der Waals surface area contributed by atoms with Crippen molar-refractivity contribution >= 4 is 34.5 Å². The van der Waals surface area contributed by atoms with Gasteiger partial charge >= 0.3 is 6.01 Å². The second-order valence-electron chi connectivity index (χ2n) is 3.26. The van der Waals surface area contributed by atoms with Crippen molar-refractivity contribution < 1.29 is 4.74 Å². The minimum atomic E-state index is 0.0595. The number of aromatic amines is 1. The summed E-state index contributed by atoms with van der Waals surface area (Å²) >= 11 is 7.00. The van der Waals surface area contributed by atoms with Crippen LogP contribution in [0, 0.1) is 0 Å². The van der Waals surface area contributed by atoms with Crippen LogP contribution in [0.2, 0.25) is 5.28 Å². The summed E-state index contributed by atoms with van der Waals surface area (Å²) in [6, 6.07) is 0.150. The first-order chi connectivity index (χ1) is 9.26. The van der Waals surface area contributed by atoms with Gasteiger partial charge in [0.25, 0.3) is 0 Å². The first-order valence-electron chi connectivity index (χ1n) is 5.04. The molecule has 3 aromatic rings. The van der Waals surface area contributed by atoms with Crippen LogP contribution in [0.15, 0.2) is 22.8 Å². The number of halogens is 1. The van der Waals surface area contributed by atoms with Crippen LogP contribution in [-0.2, 0) is 0 Å². The van der Waals surface area contributed by atoms with Gasteiger partial charge in [-0.05, 0) is 23.4 Å². The molecule has 0 aliphatic heterocycles. The van der Waals surface area contributed by atoms with Crippen molar-refractivity contribution in [3.63, 3.8) is 0 Å². The highest BCUT2D eigenvalue weighted by molar-refractivity contribution is 7.99. The number of imidazole rings is 1. The molecule has 3 rings (SSSR count). The molecule has 0 unspecified atom stereocenters. The van der Waals surface area contributed by atoms with Crippen molar-refractivity contribution in [1.82, 2.24) is 34.9 Å². The first kappa shape index (κ1) is 12.1. The van der Waals surface area contributed by atoms with E-state index in [4.69, 9.17) is 16.3 Å². The summed E-state index contributed by atoms with van der Waals surface area (Å²) in [5.74, 6) is 0. The molecular formula is C9H6ClN7OS. The van der Waals surface area contributed by atoms with Crippen LogP contribution in [-0.4, -0.2) is 42.0 Å². The van der Waals surface area contributed by atoms with Gasteiger partial charge in [0.1, 0.15) is 16.9 Å². The zero-order valence-corrected chi connectivity index (χ0v) is 11.1. The molecular weight excluding hydrogens is 290 g/mol. The lowest BCUT2D eigenvalue weighted by Gasteiger charge is -2.02. The standard InChI is InChI=1S/C9H6ClN7OS/c1-18-8-15-7(10)16-9(17-8)19-6-4-5(12-2-11-4)13-3-14-6/h2-3H,1H3,(H,11,12,13,14). The zero-order chi connectivity index (χ0) is 13.2. The van der Waals surface area contributed by atoms with Crippen LogP contribution in [0.3, 0.4) is 0 Å². The highest BCUT2D eigenvalue weighted by Crippen LogP contribution is 2.28. The van der Waals surface area contributed by atoms with Gasteiger partial charge in [-0.1, -0.05) is 0 Å². The van der Waals surface area contributed by atoms with Crippen LogP contribution in [0.1, 0.15) is 0 Å². The first-order valence-corrected chi connectivity index (χ1v) is 6.23. The smallest absolute Gasteiger partial charge is 0.321 e. The summed E-state index contributed by atoms with van der Waals surface area (Å²) in [6.45, 7) is 0. The fourth-order valence-electron chi connectivity index (χ4n) is 1.36. The van der Waals surface area contributed by atoms with Gasteiger partial charge in [0.05, 0.1) is 13.4 Å². The van der Waals surface area contributed by atoms with E-state index >= 15 is 0 Å². The third-order valence-corrected chi connectivity index (χ3v) is 3.16. The second-order valence-corrected chi connectivity index (χ2v) is 4.55. The Morgan fingerprint density at radius 2 is 2.11 bits per heavy atom. The van der Waals surface area contributed by atoms with Crippen molar-refractivity contribution in [2.75, 3.05) is 7.11 Å². The largest absolute Gasteiger partial charge is 0.467 e. The summed E-state index contributed by atoms with van der Waals surface area (Å²) in [5, 5.41) is 1.09. The fraction of sp³-hybridized carbons (Fsp3) is 0.111. The number of nitrogens with zero attached hydrogens (tertiary/aromatic N) is 6. The van der Waals surface area contributed by atoms with Crippen LogP contribution in [0.5, 0.6) is 6.01 Å². The minimum absolute atomic E-state index is 0.0595. The molecule has 0 aromatic carbocycles. The summed E-state index contributed by atoms with van der Waals surface area (Å²) in [7, 11) is 1.46. The second kappa shape index (κ2) is 4.94. The van der Waals surface area contributed by atoms with Gasteiger partial charge in [0.15, 0.2) is 5.65 Å². The van der Waals surface area contributed by atoms with Crippen LogP contribution in [0.25, 0.3) is 11.2 Å². The summed E-state index contributed by atoms with van der Waals surface area (Å²) in [4.78, 5) is 27.1. The van der Waals surface area contributed by atoms with Gasteiger partial charge in [-0.15, -0.1) is 0 Å². The number of fused-ring (bicyclic) bond motifs is 1. The third-order valence-electron chi connectivity index (χ3n) is 2.13. The van der Waals surface area contributed by atoms with E-state index in [0.29, 0.717) is 21.3 Å². The van der Waals surface area contributed by atoms with E-state index in [1.165, 1.54) is 25.2 Å². The van der Waals surface area contributed by atoms with Crippen molar-refractivity contribution in [2.45, 2.75) is 10.2 Å². The number of nitrogens with one attached hydrogen (secondary N) is 1. The van der Waals surface area contributed by atoms with Gasteiger partial charge in [-0.25, -0.2) is 15.0 Å². The van der Waals surface area contributed by atoms with Crippen LogP contribution >= 0.6 is 23.4 Å². The number of hydrogen-bond donors (Lipinski definition) is 1. The topological polar surface area (TPSA) is 102 Å². The Morgan fingerprint density at radius 3 is 2.95 bits per heavy atom. The number of ether oxygens (including phenoxy) is 1. The van der Waals surface area contributed by atoms with Crippen molar-refractivity contribution in [1.29, 1.82) is 0 Å². The SMILES string of the molecule is COc1nc(Cl)nc(Sc2ncnc3nc[nH]c23)n1. The van der Waals surface area contributed by atoms with Crippen molar-refractivity contribution in [2.24, 2.45) is 0 Å². The summed E-state index contributed by atoms with van der Waals surface area (Å²) in [6.07, 6.45) is 2.97. The van der Waals surface area contributed by atoms with Gasteiger partial charge in [0.2, 0.25) is 10.4 Å². The molecule has 0 atom stereocenters. The van der Waals surface area contributed by atoms with Gasteiger partial charge in [0, 0.05) is 0 Å². The van der Waals surface area contributed by atoms with E-state index in [-0.39, 0.29) is 11.3 Å². The average Bonchev–Trinajstić information content (AvgIpc) is 2.87. The lowest BCUT2D eigenvalue weighted by molar-refractivity contribution is 0.373. The lowest BCUT2D eigenvalue weighted by atomic mass is 10.6. The van der Waals surface area contributed by atoms with Crippen molar-refractivity contribution in [3.8, 4) is 6.01 Å². The molecule has 0 amide bonds. The normalized spacial score (nSPS) is 10.8. The van der Waals surface area contributed by atoms with Crippen molar-refractivity contribution in [3.05, 3.63) is 17.9 Å². The molecule has 1 N–H and O–H groups in total. The molecule has 3 aromatic heterocycles. The molecule has 10 heteroatoms. The molecule has 0 aliphatic carbocycles. The van der Waals surface area contributed by atoms with Gasteiger partial charge in [-0.3, -0.25) is 0 Å². The zero-order valence-electron chi connectivity index (χ0n) is 9.53. The lowest BCUT2D eigenvalue weighted by Crippen LogP contribution is -1.97. The Hall–Kier alpha value is -2.00. The molecule has 0 saturated carbocycles. The quantitative estimate of drug-likeness (QED) is 0.722. The maximum atomic E-state index is 5.78. The Labute approximate surface area is 116 Å². The monoisotopic (exact) mass is 295 g/mol. The molecule has 0 saturated heterocycles. The molecule has 0 bridgehead atoms. The molecule has 8 nitrogen and oxygen atoms in total. The van der Waals surface area contributed by atoms with Gasteiger partial charge < -0.3 is 9.72 Å².